The summed E-state index contributed by atoms with van der Waals surface area (Å²) in [7, 11) is 0. The summed E-state index contributed by atoms with van der Waals surface area (Å²) in [6.07, 6.45) is 2.34. The molecule has 0 aliphatic rings. The Morgan fingerprint density at radius 3 is 2.43 bits per heavy atom. The van der Waals surface area contributed by atoms with Crippen LogP contribution < -0.4 is 0 Å². The fourth-order valence-corrected chi connectivity index (χ4v) is 1.64. The molecule has 3 heteroatoms. The first-order valence-corrected chi connectivity index (χ1v) is 5.19. The maximum Gasteiger partial charge on any atom is 0.115 e. The van der Waals surface area contributed by atoms with Gasteiger partial charge in [-0.25, -0.2) is 0 Å². The van der Waals surface area contributed by atoms with Gasteiger partial charge in [-0.15, -0.1) is 11.6 Å². The molecule has 1 unspecified atom stereocenters. The van der Waals surface area contributed by atoms with E-state index in [4.69, 9.17) is 21.8 Å². The van der Waals surface area contributed by atoms with E-state index in [9.17, 15) is 0 Å². The molecule has 78 valence electrons. The van der Waals surface area contributed by atoms with Crippen LogP contribution in [0.2, 0.25) is 0 Å². The van der Waals surface area contributed by atoms with E-state index in [1.165, 1.54) is 0 Å². The van der Waals surface area contributed by atoms with Gasteiger partial charge in [0.25, 0.3) is 0 Å². The Morgan fingerprint density at radius 1 is 1.21 bits per heavy atom. The molecule has 0 heterocycles. The van der Waals surface area contributed by atoms with Crippen molar-refractivity contribution in [1.29, 1.82) is 0 Å². The summed E-state index contributed by atoms with van der Waals surface area (Å²) in [5, 5.41) is 17.8. The molecule has 0 fully saturated rings. The van der Waals surface area contributed by atoms with Crippen LogP contribution in [0.15, 0.2) is 24.3 Å². The molecule has 1 atom stereocenters. The summed E-state index contributed by atoms with van der Waals surface area (Å²) >= 11 is 6.06. The minimum Gasteiger partial charge on any atom is -0.508 e. The maximum absolute atomic E-state index is 9.07. The number of aliphatic hydroxyl groups is 1. The highest BCUT2D eigenvalue weighted by molar-refractivity contribution is 6.20. The fourth-order valence-electron chi connectivity index (χ4n) is 1.30. The van der Waals surface area contributed by atoms with Crippen molar-refractivity contribution in [3.05, 3.63) is 29.8 Å². The van der Waals surface area contributed by atoms with Crippen molar-refractivity contribution < 1.29 is 10.2 Å². The monoisotopic (exact) mass is 214 g/mol. The third-order valence-corrected chi connectivity index (χ3v) is 2.44. The Hall–Kier alpha value is -0.730. The molecule has 2 nitrogen and oxygen atoms in total. The highest BCUT2D eigenvalue weighted by Crippen LogP contribution is 2.15. The zero-order valence-corrected chi connectivity index (χ0v) is 8.74. The lowest BCUT2D eigenvalue weighted by Gasteiger charge is -2.08. The van der Waals surface area contributed by atoms with E-state index in [2.05, 4.69) is 0 Å². The van der Waals surface area contributed by atoms with E-state index in [0.717, 1.165) is 24.8 Å². The SMILES string of the molecule is OCCCC(Cl)Cc1ccc(O)cc1. The Balaban J connectivity index is 2.39. The summed E-state index contributed by atoms with van der Waals surface area (Å²) in [5.41, 5.74) is 1.11. The first-order valence-electron chi connectivity index (χ1n) is 4.75. The minimum atomic E-state index is 0.0618. The molecule has 0 bridgehead atoms. The second kappa shape index (κ2) is 5.89. The molecule has 0 radical (unpaired) electrons. The second-order valence-corrected chi connectivity index (χ2v) is 3.95. The zero-order valence-electron chi connectivity index (χ0n) is 7.99. The van der Waals surface area contributed by atoms with Gasteiger partial charge in [-0.3, -0.25) is 0 Å². The summed E-state index contributed by atoms with van der Waals surface area (Å²) in [4.78, 5) is 0. The standard InChI is InChI=1S/C11H15ClO2/c12-10(2-1-7-13)8-9-3-5-11(14)6-4-9/h3-6,10,13-14H,1-2,7-8H2. The molecule has 14 heavy (non-hydrogen) atoms. The van der Waals surface area contributed by atoms with Crippen molar-refractivity contribution in [2.75, 3.05) is 6.61 Å². The van der Waals surface area contributed by atoms with Gasteiger partial charge < -0.3 is 10.2 Å². The van der Waals surface area contributed by atoms with E-state index in [1.54, 1.807) is 12.1 Å². The summed E-state index contributed by atoms with van der Waals surface area (Å²) < 4.78 is 0. The Kier molecular flexibility index (Phi) is 4.77. The van der Waals surface area contributed by atoms with Crippen LogP contribution >= 0.6 is 11.6 Å². The number of aromatic hydroxyl groups is 1. The van der Waals surface area contributed by atoms with Crippen LogP contribution in [-0.4, -0.2) is 22.2 Å². The predicted molar refractivity (Wildman–Crippen MR) is 57.8 cm³/mol. The van der Waals surface area contributed by atoms with Gasteiger partial charge in [0.1, 0.15) is 5.75 Å². The lowest BCUT2D eigenvalue weighted by Crippen LogP contribution is -2.04. The molecule has 1 aromatic carbocycles. The van der Waals surface area contributed by atoms with Gasteiger partial charge in [0.15, 0.2) is 0 Å². The number of benzene rings is 1. The lowest BCUT2D eigenvalue weighted by molar-refractivity contribution is 0.283. The first-order chi connectivity index (χ1) is 6.72. The van der Waals surface area contributed by atoms with Gasteiger partial charge in [-0.05, 0) is 37.0 Å². The summed E-state index contributed by atoms with van der Waals surface area (Å²) in [5.74, 6) is 0.273. The van der Waals surface area contributed by atoms with Crippen molar-refractivity contribution in [1.82, 2.24) is 0 Å². The fraction of sp³-hybridized carbons (Fsp3) is 0.455. The van der Waals surface area contributed by atoms with Crippen LogP contribution in [0.5, 0.6) is 5.75 Å². The van der Waals surface area contributed by atoms with Crippen LogP contribution in [-0.2, 0) is 6.42 Å². The highest BCUT2D eigenvalue weighted by atomic mass is 35.5. The first kappa shape index (κ1) is 11.3. The third kappa shape index (κ3) is 3.99. The molecule has 0 aromatic heterocycles. The topological polar surface area (TPSA) is 40.5 Å². The van der Waals surface area contributed by atoms with Gasteiger partial charge in [-0.1, -0.05) is 12.1 Å². The minimum absolute atomic E-state index is 0.0618. The molecule has 0 spiro atoms. The largest absolute Gasteiger partial charge is 0.508 e. The van der Waals surface area contributed by atoms with E-state index in [0.29, 0.717) is 0 Å². The zero-order chi connectivity index (χ0) is 10.4. The van der Waals surface area contributed by atoms with E-state index < -0.39 is 0 Å². The molecule has 1 aromatic rings. The average molecular weight is 215 g/mol. The molecule has 0 saturated carbocycles. The van der Waals surface area contributed by atoms with Crippen LogP contribution in [0.25, 0.3) is 0 Å². The maximum atomic E-state index is 9.07. The number of phenolic OH excluding ortho intramolecular Hbond substituents is 1. The van der Waals surface area contributed by atoms with Gasteiger partial charge in [-0.2, -0.15) is 0 Å². The Bertz CT molecular complexity index is 258. The lowest BCUT2D eigenvalue weighted by atomic mass is 10.1. The van der Waals surface area contributed by atoms with Crippen molar-refractivity contribution in [3.63, 3.8) is 0 Å². The Morgan fingerprint density at radius 2 is 1.86 bits per heavy atom. The molecule has 0 aliphatic heterocycles. The second-order valence-electron chi connectivity index (χ2n) is 3.33. The van der Waals surface area contributed by atoms with E-state index in [-0.39, 0.29) is 17.7 Å². The van der Waals surface area contributed by atoms with Gasteiger partial charge in [0.05, 0.1) is 0 Å². The number of aliphatic hydroxyl groups excluding tert-OH is 1. The number of rotatable bonds is 5. The molecule has 0 saturated heterocycles. The number of phenols is 1. The van der Waals surface area contributed by atoms with Crippen LogP contribution in [0.4, 0.5) is 0 Å². The average Bonchev–Trinajstić information content (AvgIpc) is 2.18. The third-order valence-electron chi connectivity index (χ3n) is 2.07. The van der Waals surface area contributed by atoms with Crippen LogP contribution in [0, 0.1) is 0 Å². The molecule has 0 amide bonds. The Labute approximate surface area is 89.1 Å². The molecule has 2 N–H and O–H groups in total. The smallest absolute Gasteiger partial charge is 0.115 e. The number of halogens is 1. The van der Waals surface area contributed by atoms with Crippen molar-refractivity contribution >= 4 is 11.6 Å². The van der Waals surface area contributed by atoms with Crippen molar-refractivity contribution in [2.45, 2.75) is 24.6 Å². The van der Waals surface area contributed by atoms with Crippen LogP contribution in [0.1, 0.15) is 18.4 Å². The van der Waals surface area contributed by atoms with Crippen molar-refractivity contribution in [3.8, 4) is 5.75 Å². The number of hydrogen-bond acceptors (Lipinski definition) is 2. The number of alkyl halides is 1. The quantitative estimate of drug-likeness (QED) is 0.739. The predicted octanol–water partition coefficient (Wildman–Crippen LogP) is 2.31. The van der Waals surface area contributed by atoms with E-state index >= 15 is 0 Å². The highest BCUT2D eigenvalue weighted by Gasteiger charge is 2.05. The van der Waals surface area contributed by atoms with Crippen molar-refractivity contribution in [2.24, 2.45) is 0 Å². The molecule has 0 aliphatic carbocycles. The molecular weight excluding hydrogens is 200 g/mol. The van der Waals surface area contributed by atoms with Gasteiger partial charge in [0, 0.05) is 12.0 Å². The summed E-state index contributed by atoms with van der Waals surface area (Å²) in [6.45, 7) is 0.193. The summed E-state index contributed by atoms with van der Waals surface area (Å²) in [6, 6.07) is 7.04. The van der Waals surface area contributed by atoms with Crippen LogP contribution in [0.3, 0.4) is 0 Å². The van der Waals surface area contributed by atoms with Gasteiger partial charge >= 0.3 is 0 Å². The molecule has 1 rings (SSSR count). The molecular formula is C11H15ClO2. The van der Waals surface area contributed by atoms with Gasteiger partial charge in [0.2, 0.25) is 0 Å². The van der Waals surface area contributed by atoms with E-state index in [1.807, 2.05) is 12.1 Å². The normalized spacial score (nSPS) is 12.7. The number of hydrogen-bond donors (Lipinski definition) is 2.